The minimum absolute atomic E-state index is 0.0722. The first-order chi connectivity index (χ1) is 17.2. The van der Waals surface area contributed by atoms with Crippen LogP contribution >= 0.6 is 0 Å². The Labute approximate surface area is 211 Å². The molecule has 4 rings (SSSR count). The molecule has 1 aliphatic heterocycles. The van der Waals surface area contributed by atoms with E-state index >= 15 is 0 Å². The predicted molar refractivity (Wildman–Crippen MR) is 134 cm³/mol. The molecule has 11 heteroatoms. The predicted octanol–water partition coefficient (Wildman–Crippen LogP) is 2.51. The Balaban J connectivity index is 1.40. The van der Waals surface area contributed by atoms with Crippen molar-refractivity contribution in [1.82, 2.24) is 35.4 Å². The second-order valence-corrected chi connectivity index (χ2v) is 10.5. The topological polar surface area (TPSA) is 122 Å². The zero-order valence-electron chi connectivity index (χ0n) is 21.4. The number of carbonyl (C=O) groups excluding carboxylic acids is 3. The van der Waals surface area contributed by atoms with E-state index in [1.807, 2.05) is 24.3 Å². The lowest BCUT2D eigenvalue weighted by molar-refractivity contribution is -0.127. The number of hydrogen-bond donors (Lipinski definition) is 2. The van der Waals surface area contributed by atoms with Crippen LogP contribution in [-0.4, -0.2) is 86.7 Å². The van der Waals surface area contributed by atoms with Crippen LogP contribution in [0, 0.1) is 0 Å². The van der Waals surface area contributed by atoms with E-state index in [9.17, 15) is 14.4 Å². The Morgan fingerprint density at radius 2 is 1.69 bits per heavy atom. The summed E-state index contributed by atoms with van der Waals surface area (Å²) in [6, 6.07) is 6.61. The van der Waals surface area contributed by atoms with Gasteiger partial charge in [0, 0.05) is 25.7 Å². The molecule has 36 heavy (non-hydrogen) atoms. The van der Waals surface area contributed by atoms with Gasteiger partial charge in [0.05, 0.1) is 13.1 Å². The summed E-state index contributed by atoms with van der Waals surface area (Å²) >= 11 is 0. The van der Waals surface area contributed by atoms with Crippen LogP contribution in [0.5, 0.6) is 0 Å². The molecule has 0 unspecified atom stereocenters. The number of nitrogens with zero attached hydrogens (tertiary/aromatic N) is 5. The molecule has 0 bridgehead atoms. The van der Waals surface area contributed by atoms with Gasteiger partial charge in [-0.25, -0.2) is 9.59 Å². The van der Waals surface area contributed by atoms with Gasteiger partial charge in [-0.05, 0) is 45.7 Å². The van der Waals surface area contributed by atoms with E-state index in [1.165, 1.54) is 11.3 Å². The number of carbonyl (C=O) groups is 3. The Hall–Kier alpha value is -3.37. The standard InChI is InChI=1S/C25H37N7O4/c1-25(2,3)36-24(35)30-15-16-31(23(34)27-18-9-5-4-6-10-18)21(17-30)22(33)26-13-14-32-28-19-11-7-8-12-20(19)29-32/h7-8,11-12,18,21H,4-6,9-10,13-17H2,1-3H3,(H,26,33)(H,27,34)/t21-/m1/s1. The van der Waals surface area contributed by atoms with Crippen LogP contribution in [0.2, 0.25) is 0 Å². The first-order valence-electron chi connectivity index (χ1n) is 12.8. The van der Waals surface area contributed by atoms with Crippen molar-refractivity contribution in [2.45, 2.75) is 77.1 Å². The third-order valence-electron chi connectivity index (χ3n) is 6.47. The van der Waals surface area contributed by atoms with Crippen molar-refractivity contribution in [2.75, 3.05) is 26.2 Å². The number of ether oxygens (including phenoxy) is 1. The molecule has 1 saturated carbocycles. The van der Waals surface area contributed by atoms with Gasteiger partial charge in [-0.15, -0.1) is 0 Å². The zero-order valence-corrected chi connectivity index (χ0v) is 21.4. The van der Waals surface area contributed by atoms with E-state index < -0.39 is 17.7 Å². The molecule has 2 heterocycles. The summed E-state index contributed by atoms with van der Waals surface area (Å²) in [5, 5.41) is 14.8. The highest BCUT2D eigenvalue weighted by Crippen LogP contribution is 2.19. The van der Waals surface area contributed by atoms with Gasteiger partial charge >= 0.3 is 12.1 Å². The number of rotatable bonds is 5. The maximum atomic E-state index is 13.3. The van der Waals surface area contributed by atoms with Crippen molar-refractivity contribution in [3.63, 3.8) is 0 Å². The third kappa shape index (κ3) is 6.64. The van der Waals surface area contributed by atoms with Crippen LogP contribution < -0.4 is 10.6 Å². The number of urea groups is 1. The van der Waals surface area contributed by atoms with Gasteiger partial charge in [-0.3, -0.25) is 4.79 Å². The molecule has 2 aliphatic rings. The van der Waals surface area contributed by atoms with Crippen LogP contribution in [0.15, 0.2) is 24.3 Å². The molecule has 0 radical (unpaired) electrons. The number of nitrogens with one attached hydrogen (secondary N) is 2. The van der Waals surface area contributed by atoms with Crippen molar-refractivity contribution in [1.29, 1.82) is 0 Å². The van der Waals surface area contributed by atoms with Crippen LogP contribution in [-0.2, 0) is 16.1 Å². The van der Waals surface area contributed by atoms with E-state index in [0.717, 1.165) is 36.7 Å². The molecule has 1 atom stereocenters. The van der Waals surface area contributed by atoms with Crippen molar-refractivity contribution in [3.05, 3.63) is 24.3 Å². The quantitative estimate of drug-likeness (QED) is 0.652. The zero-order chi connectivity index (χ0) is 25.7. The van der Waals surface area contributed by atoms with Crippen LogP contribution in [0.1, 0.15) is 52.9 Å². The lowest BCUT2D eigenvalue weighted by Gasteiger charge is -2.41. The van der Waals surface area contributed by atoms with Gasteiger partial charge in [0.2, 0.25) is 5.91 Å². The second kappa shape index (κ2) is 11.1. The molecule has 4 amide bonds. The molecular formula is C25H37N7O4. The molecule has 2 aromatic rings. The SMILES string of the molecule is CC(C)(C)OC(=O)N1CCN(C(=O)NC2CCCCC2)[C@@H](C(=O)NCCn2nc3ccccc3n2)C1. The van der Waals surface area contributed by atoms with Crippen molar-refractivity contribution in [3.8, 4) is 0 Å². The molecular weight excluding hydrogens is 462 g/mol. The first kappa shape index (κ1) is 25.7. The Kier molecular flexibility index (Phi) is 7.95. The highest BCUT2D eigenvalue weighted by Gasteiger charge is 2.38. The van der Waals surface area contributed by atoms with Gasteiger partial charge in [0.25, 0.3) is 0 Å². The van der Waals surface area contributed by atoms with E-state index in [2.05, 4.69) is 20.8 Å². The fourth-order valence-corrected chi connectivity index (χ4v) is 4.65. The van der Waals surface area contributed by atoms with Crippen molar-refractivity contribution < 1.29 is 19.1 Å². The second-order valence-electron chi connectivity index (χ2n) is 10.5. The summed E-state index contributed by atoms with van der Waals surface area (Å²) in [5.41, 5.74) is 0.925. The summed E-state index contributed by atoms with van der Waals surface area (Å²) in [4.78, 5) is 43.7. The number of fused-ring (bicyclic) bond motifs is 1. The average molecular weight is 500 g/mol. The highest BCUT2D eigenvalue weighted by atomic mass is 16.6. The number of benzene rings is 1. The fourth-order valence-electron chi connectivity index (χ4n) is 4.65. The largest absolute Gasteiger partial charge is 0.444 e. The van der Waals surface area contributed by atoms with Gasteiger partial charge in [0.1, 0.15) is 22.7 Å². The summed E-state index contributed by atoms with van der Waals surface area (Å²) in [7, 11) is 0. The number of aromatic nitrogens is 3. The number of piperazine rings is 1. The van der Waals surface area contributed by atoms with Gasteiger partial charge in [-0.2, -0.15) is 15.0 Å². The maximum Gasteiger partial charge on any atom is 0.410 e. The highest BCUT2D eigenvalue weighted by molar-refractivity contribution is 5.88. The molecule has 2 N–H and O–H groups in total. The lowest BCUT2D eigenvalue weighted by Crippen LogP contribution is -2.64. The summed E-state index contributed by atoms with van der Waals surface area (Å²) in [6.45, 7) is 6.71. The van der Waals surface area contributed by atoms with Crippen LogP contribution in [0.4, 0.5) is 9.59 Å². The van der Waals surface area contributed by atoms with E-state index in [1.54, 1.807) is 30.5 Å². The van der Waals surface area contributed by atoms with Crippen molar-refractivity contribution >= 4 is 29.1 Å². The first-order valence-corrected chi connectivity index (χ1v) is 12.8. The van der Waals surface area contributed by atoms with E-state index in [-0.39, 0.29) is 31.1 Å². The fraction of sp³-hybridized carbons (Fsp3) is 0.640. The van der Waals surface area contributed by atoms with Gasteiger partial charge < -0.3 is 25.2 Å². The molecule has 196 valence electrons. The maximum absolute atomic E-state index is 13.3. The summed E-state index contributed by atoms with van der Waals surface area (Å²) < 4.78 is 5.51. The molecule has 2 fully saturated rings. The normalized spacial score (nSPS) is 19.2. The van der Waals surface area contributed by atoms with Gasteiger partial charge in [0.15, 0.2) is 0 Å². The Morgan fingerprint density at radius 3 is 2.33 bits per heavy atom. The number of hydrogen-bond acceptors (Lipinski definition) is 6. The molecule has 1 aromatic heterocycles. The molecule has 11 nitrogen and oxygen atoms in total. The molecule has 1 aliphatic carbocycles. The minimum Gasteiger partial charge on any atom is -0.444 e. The van der Waals surface area contributed by atoms with E-state index in [4.69, 9.17) is 4.74 Å². The van der Waals surface area contributed by atoms with Gasteiger partial charge in [-0.1, -0.05) is 31.4 Å². The summed E-state index contributed by atoms with van der Waals surface area (Å²) in [5.74, 6) is -0.321. The monoisotopic (exact) mass is 499 g/mol. The van der Waals surface area contributed by atoms with Crippen molar-refractivity contribution in [2.24, 2.45) is 0 Å². The summed E-state index contributed by atoms with van der Waals surface area (Å²) in [6.07, 6.45) is 4.79. The minimum atomic E-state index is -0.820. The Morgan fingerprint density at radius 1 is 1.03 bits per heavy atom. The van der Waals surface area contributed by atoms with Crippen LogP contribution in [0.25, 0.3) is 11.0 Å². The molecule has 1 saturated heterocycles. The third-order valence-corrected chi connectivity index (χ3v) is 6.47. The van der Waals surface area contributed by atoms with Crippen LogP contribution in [0.3, 0.4) is 0 Å². The smallest absolute Gasteiger partial charge is 0.410 e. The van der Waals surface area contributed by atoms with E-state index in [0.29, 0.717) is 19.6 Å². The lowest BCUT2D eigenvalue weighted by atomic mass is 9.95. The average Bonchev–Trinajstić information content (AvgIpc) is 3.26. The molecule has 0 spiro atoms. The molecule has 1 aromatic carbocycles. The Bertz CT molecular complexity index is 1040. The number of amides is 4.